The molecule has 1 saturated heterocycles. The average molecular weight is 344 g/mol. The molecule has 0 radical (unpaired) electrons. The highest BCUT2D eigenvalue weighted by Gasteiger charge is 2.33. The highest BCUT2D eigenvalue weighted by Crippen LogP contribution is 2.22. The number of hydrogen-bond donors (Lipinski definition) is 1. The van der Waals surface area contributed by atoms with E-state index in [0.29, 0.717) is 18.4 Å². The molecular formula is C15H21FN2O4S. The largest absolute Gasteiger partial charge is 0.481 e. The van der Waals surface area contributed by atoms with E-state index in [1.807, 2.05) is 6.92 Å². The average Bonchev–Trinajstić information content (AvgIpc) is 2.50. The fraction of sp³-hybridized carbons (Fsp3) is 0.533. The molecule has 0 aliphatic carbocycles. The van der Waals surface area contributed by atoms with Gasteiger partial charge in [0, 0.05) is 32.2 Å². The van der Waals surface area contributed by atoms with Crippen LogP contribution in [-0.2, 0) is 21.5 Å². The van der Waals surface area contributed by atoms with Gasteiger partial charge >= 0.3 is 5.97 Å². The zero-order valence-corrected chi connectivity index (χ0v) is 14.0. The summed E-state index contributed by atoms with van der Waals surface area (Å²) < 4.78 is 41.3. The van der Waals surface area contributed by atoms with Crippen LogP contribution < -0.4 is 0 Å². The highest BCUT2D eigenvalue weighted by molar-refractivity contribution is 7.86. The fourth-order valence-corrected chi connectivity index (χ4v) is 4.05. The lowest BCUT2D eigenvalue weighted by atomic mass is 9.99. The van der Waals surface area contributed by atoms with E-state index in [2.05, 4.69) is 0 Å². The lowest BCUT2D eigenvalue weighted by molar-refractivity contribution is -0.142. The van der Waals surface area contributed by atoms with Crippen LogP contribution in [0.15, 0.2) is 18.2 Å². The predicted molar refractivity (Wildman–Crippen MR) is 83.5 cm³/mol. The van der Waals surface area contributed by atoms with Crippen molar-refractivity contribution in [3.8, 4) is 0 Å². The van der Waals surface area contributed by atoms with Crippen molar-refractivity contribution in [1.82, 2.24) is 8.61 Å². The minimum Gasteiger partial charge on any atom is -0.481 e. The summed E-state index contributed by atoms with van der Waals surface area (Å²) in [5, 5.41) is 8.97. The summed E-state index contributed by atoms with van der Waals surface area (Å²) in [7, 11) is -2.33. The minimum atomic E-state index is -3.73. The summed E-state index contributed by atoms with van der Waals surface area (Å²) in [6.45, 7) is 2.09. The Kier molecular flexibility index (Phi) is 5.38. The number of halogens is 1. The first kappa shape index (κ1) is 17.8. The quantitative estimate of drug-likeness (QED) is 0.880. The number of carbonyl (C=O) groups is 1. The molecule has 0 aromatic heterocycles. The predicted octanol–water partition coefficient (Wildman–Crippen LogP) is 1.61. The van der Waals surface area contributed by atoms with E-state index in [0.717, 1.165) is 9.87 Å². The first-order chi connectivity index (χ1) is 10.7. The number of carboxylic acid groups (broad SMARTS) is 1. The van der Waals surface area contributed by atoms with Crippen molar-refractivity contribution < 1.29 is 22.7 Å². The van der Waals surface area contributed by atoms with Crippen LogP contribution in [0.2, 0.25) is 0 Å². The van der Waals surface area contributed by atoms with Crippen LogP contribution in [0.1, 0.15) is 24.0 Å². The molecule has 1 aromatic rings. The van der Waals surface area contributed by atoms with Crippen molar-refractivity contribution >= 4 is 16.2 Å². The molecule has 1 aliphatic rings. The van der Waals surface area contributed by atoms with Crippen LogP contribution in [-0.4, -0.2) is 48.2 Å². The maximum Gasteiger partial charge on any atom is 0.306 e. The van der Waals surface area contributed by atoms with Gasteiger partial charge in [-0.1, -0.05) is 17.7 Å². The summed E-state index contributed by atoms with van der Waals surface area (Å²) >= 11 is 0. The molecule has 1 N–H and O–H groups in total. The Labute approximate surface area is 135 Å². The second kappa shape index (κ2) is 6.94. The summed E-state index contributed by atoms with van der Waals surface area (Å²) in [5.41, 5.74) is 1.17. The molecule has 1 fully saturated rings. The fourth-order valence-electron chi connectivity index (χ4n) is 2.68. The van der Waals surface area contributed by atoms with Crippen LogP contribution in [0, 0.1) is 18.7 Å². The Morgan fingerprint density at radius 1 is 1.39 bits per heavy atom. The topological polar surface area (TPSA) is 77.9 Å². The molecular weight excluding hydrogens is 323 g/mol. The molecule has 128 valence electrons. The lowest BCUT2D eigenvalue weighted by Gasteiger charge is -2.32. The minimum absolute atomic E-state index is 0.0608. The second-order valence-electron chi connectivity index (χ2n) is 5.87. The molecule has 1 aliphatic heterocycles. The number of carboxylic acids is 1. The van der Waals surface area contributed by atoms with E-state index in [4.69, 9.17) is 5.11 Å². The van der Waals surface area contributed by atoms with Crippen molar-refractivity contribution in [2.75, 3.05) is 20.1 Å². The van der Waals surface area contributed by atoms with Crippen LogP contribution in [0.5, 0.6) is 0 Å². The number of piperidine rings is 1. The Bertz CT molecular complexity index is 685. The van der Waals surface area contributed by atoms with E-state index in [9.17, 15) is 17.6 Å². The highest BCUT2D eigenvalue weighted by atomic mass is 32.2. The Morgan fingerprint density at radius 2 is 2.00 bits per heavy atom. The van der Waals surface area contributed by atoms with Crippen molar-refractivity contribution in [3.05, 3.63) is 35.1 Å². The Balaban J connectivity index is 2.07. The Morgan fingerprint density at radius 3 is 2.57 bits per heavy atom. The normalized spacial score (nSPS) is 17.6. The van der Waals surface area contributed by atoms with Gasteiger partial charge in [-0.3, -0.25) is 4.79 Å². The third-order valence-corrected chi connectivity index (χ3v) is 6.05. The standard InChI is InChI=1S/C15H21FN2O4S/c1-11-3-4-14(16)13(9-11)10-17(2)23(21,22)18-7-5-12(6-8-18)15(19)20/h3-4,9,12H,5-8,10H2,1-2H3,(H,19,20). The number of aliphatic carboxylic acids is 1. The smallest absolute Gasteiger partial charge is 0.306 e. The van der Waals surface area contributed by atoms with E-state index in [1.165, 1.54) is 17.4 Å². The molecule has 2 rings (SSSR count). The van der Waals surface area contributed by atoms with Crippen molar-refractivity contribution in [2.45, 2.75) is 26.3 Å². The molecule has 0 unspecified atom stereocenters. The first-order valence-corrected chi connectivity index (χ1v) is 8.80. The second-order valence-corrected chi connectivity index (χ2v) is 7.91. The van der Waals surface area contributed by atoms with Gasteiger partial charge in [-0.05, 0) is 25.8 Å². The zero-order chi connectivity index (χ0) is 17.2. The molecule has 0 amide bonds. The maximum absolute atomic E-state index is 13.8. The lowest BCUT2D eigenvalue weighted by Crippen LogP contribution is -2.46. The van der Waals surface area contributed by atoms with Gasteiger partial charge in [0.25, 0.3) is 10.2 Å². The molecule has 6 nitrogen and oxygen atoms in total. The van der Waals surface area contributed by atoms with Gasteiger partial charge in [-0.2, -0.15) is 17.0 Å². The van der Waals surface area contributed by atoms with Gasteiger partial charge in [0.2, 0.25) is 0 Å². The van der Waals surface area contributed by atoms with E-state index >= 15 is 0 Å². The van der Waals surface area contributed by atoms with Gasteiger partial charge in [0.1, 0.15) is 5.82 Å². The molecule has 0 bridgehead atoms. The number of benzene rings is 1. The molecule has 0 saturated carbocycles. The van der Waals surface area contributed by atoms with Gasteiger partial charge in [0.15, 0.2) is 0 Å². The van der Waals surface area contributed by atoms with Crippen molar-refractivity contribution in [1.29, 1.82) is 0 Å². The van der Waals surface area contributed by atoms with Gasteiger partial charge in [-0.25, -0.2) is 4.39 Å². The van der Waals surface area contributed by atoms with Gasteiger partial charge in [-0.15, -0.1) is 0 Å². The van der Waals surface area contributed by atoms with Crippen LogP contribution in [0.4, 0.5) is 4.39 Å². The monoisotopic (exact) mass is 344 g/mol. The molecule has 1 aromatic carbocycles. The third-order valence-electron chi connectivity index (χ3n) is 4.12. The zero-order valence-electron chi connectivity index (χ0n) is 13.2. The molecule has 23 heavy (non-hydrogen) atoms. The number of rotatable bonds is 5. The van der Waals surface area contributed by atoms with E-state index in [1.54, 1.807) is 12.1 Å². The van der Waals surface area contributed by atoms with E-state index in [-0.39, 0.29) is 19.6 Å². The van der Waals surface area contributed by atoms with Crippen LogP contribution in [0.3, 0.4) is 0 Å². The van der Waals surface area contributed by atoms with Crippen LogP contribution >= 0.6 is 0 Å². The van der Waals surface area contributed by atoms with Crippen molar-refractivity contribution in [3.63, 3.8) is 0 Å². The summed E-state index contributed by atoms with van der Waals surface area (Å²) in [6, 6.07) is 4.57. The van der Waals surface area contributed by atoms with Crippen LogP contribution in [0.25, 0.3) is 0 Å². The number of nitrogens with zero attached hydrogens (tertiary/aromatic N) is 2. The number of hydrogen-bond acceptors (Lipinski definition) is 3. The maximum atomic E-state index is 13.8. The number of aryl methyl sites for hydroxylation is 1. The summed E-state index contributed by atoms with van der Waals surface area (Å²) in [6.07, 6.45) is 0.586. The van der Waals surface area contributed by atoms with Crippen molar-refractivity contribution in [2.24, 2.45) is 5.92 Å². The summed E-state index contributed by atoms with van der Waals surface area (Å²) in [5.74, 6) is -1.83. The molecule has 0 atom stereocenters. The molecule has 1 heterocycles. The third kappa shape index (κ3) is 4.07. The molecule has 0 spiro atoms. The summed E-state index contributed by atoms with van der Waals surface area (Å²) in [4.78, 5) is 10.9. The Hall–Kier alpha value is -1.51. The first-order valence-electron chi connectivity index (χ1n) is 7.41. The molecule has 8 heteroatoms. The van der Waals surface area contributed by atoms with Gasteiger partial charge < -0.3 is 5.11 Å². The van der Waals surface area contributed by atoms with Gasteiger partial charge in [0.05, 0.1) is 5.92 Å². The SMILES string of the molecule is Cc1ccc(F)c(CN(C)S(=O)(=O)N2CCC(C(=O)O)CC2)c1. The van der Waals surface area contributed by atoms with E-state index < -0.39 is 27.9 Å².